The molecule has 0 fully saturated rings. The van der Waals surface area contributed by atoms with Gasteiger partial charge in [0.25, 0.3) is 0 Å². The smallest absolute Gasteiger partial charge is 0.323 e. The molecule has 0 amide bonds. The van der Waals surface area contributed by atoms with Crippen molar-refractivity contribution in [2.24, 2.45) is 5.73 Å². The van der Waals surface area contributed by atoms with Crippen molar-refractivity contribution in [2.45, 2.75) is 12.2 Å². The van der Waals surface area contributed by atoms with Gasteiger partial charge in [0.15, 0.2) is 0 Å². The van der Waals surface area contributed by atoms with Crippen LogP contribution in [0.15, 0.2) is 12.1 Å². The van der Waals surface area contributed by atoms with Crippen LogP contribution in [0.1, 0.15) is 17.2 Å². The highest BCUT2D eigenvalue weighted by molar-refractivity contribution is 14.1. The molecule has 1 aromatic rings. The highest BCUT2D eigenvalue weighted by atomic mass is 127. The highest BCUT2D eigenvalue weighted by Crippen LogP contribution is 2.37. The average molecular weight is 365 g/mol. The second kappa shape index (κ2) is 5.09. The molecular weight excluding hydrogens is 357 g/mol. The van der Waals surface area contributed by atoms with E-state index in [1.54, 1.807) is 0 Å². The summed E-state index contributed by atoms with van der Waals surface area (Å²) in [6.45, 7) is 0. The van der Waals surface area contributed by atoms with Gasteiger partial charge in [0.2, 0.25) is 0 Å². The zero-order valence-electron chi connectivity index (χ0n) is 7.85. The first-order valence-electron chi connectivity index (χ1n) is 4.20. The molecule has 1 nitrogen and oxygen atoms in total. The van der Waals surface area contributed by atoms with Crippen molar-refractivity contribution in [3.63, 3.8) is 0 Å². The molecule has 0 aliphatic heterocycles. The Labute approximate surface area is 109 Å². The van der Waals surface area contributed by atoms with Gasteiger partial charge >= 0.3 is 6.18 Å². The van der Waals surface area contributed by atoms with Crippen molar-refractivity contribution in [2.75, 3.05) is 5.75 Å². The second-order valence-corrected chi connectivity index (χ2v) is 4.56. The van der Waals surface area contributed by atoms with E-state index in [9.17, 15) is 17.6 Å². The summed E-state index contributed by atoms with van der Waals surface area (Å²) in [7, 11) is 0. The minimum atomic E-state index is -4.72. The third-order valence-electron chi connectivity index (χ3n) is 2.00. The maximum Gasteiger partial charge on any atom is 0.420 e. The van der Waals surface area contributed by atoms with Crippen LogP contribution >= 0.6 is 35.2 Å². The maximum absolute atomic E-state index is 13.1. The molecule has 0 spiro atoms. The maximum atomic E-state index is 13.1. The number of hydrogen-bond donors (Lipinski definition) is 2. The summed E-state index contributed by atoms with van der Waals surface area (Å²) in [6.07, 6.45) is -4.72. The Hall–Kier alpha value is -0.0200. The molecule has 1 unspecified atom stereocenters. The molecular formula is C9H8F4INS. The first-order valence-corrected chi connectivity index (χ1v) is 5.91. The Morgan fingerprint density at radius 2 is 1.94 bits per heavy atom. The van der Waals surface area contributed by atoms with E-state index >= 15 is 0 Å². The predicted molar refractivity (Wildman–Crippen MR) is 64.9 cm³/mol. The summed E-state index contributed by atoms with van der Waals surface area (Å²) in [5.74, 6) is -1.09. The molecule has 90 valence electrons. The SMILES string of the molecule is NC(CS)c1ccc(F)c(C(F)(F)F)c1I. The van der Waals surface area contributed by atoms with Crippen molar-refractivity contribution in [1.29, 1.82) is 0 Å². The van der Waals surface area contributed by atoms with Gasteiger partial charge in [-0.1, -0.05) is 6.07 Å². The number of halogens is 5. The van der Waals surface area contributed by atoms with Crippen molar-refractivity contribution < 1.29 is 17.6 Å². The van der Waals surface area contributed by atoms with Gasteiger partial charge in [-0.15, -0.1) is 0 Å². The molecule has 0 heterocycles. The number of alkyl halides is 3. The minimum absolute atomic E-state index is 0.193. The molecule has 1 aromatic carbocycles. The quantitative estimate of drug-likeness (QED) is 0.469. The van der Waals surface area contributed by atoms with Gasteiger partial charge in [-0.25, -0.2) is 4.39 Å². The number of benzene rings is 1. The summed E-state index contributed by atoms with van der Waals surface area (Å²) in [5, 5.41) is 0. The van der Waals surface area contributed by atoms with Crippen LogP contribution in [0.2, 0.25) is 0 Å². The molecule has 0 radical (unpaired) electrons. The van der Waals surface area contributed by atoms with Crippen LogP contribution in [0, 0.1) is 9.39 Å². The van der Waals surface area contributed by atoms with Crippen LogP contribution in [0.25, 0.3) is 0 Å². The Kier molecular flexibility index (Phi) is 4.47. The lowest BCUT2D eigenvalue weighted by Crippen LogP contribution is -2.18. The van der Waals surface area contributed by atoms with Crippen molar-refractivity contribution >= 4 is 35.2 Å². The standard InChI is InChI=1S/C9H8F4INS/c10-5-2-1-4(6(15)3-16)8(14)7(5)9(11,12)13/h1-2,6,16H,3,15H2. The molecule has 0 aliphatic carbocycles. The summed E-state index contributed by atoms with van der Waals surface area (Å²) >= 11 is 5.36. The fourth-order valence-electron chi connectivity index (χ4n) is 1.21. The third-order valence-corrected chi connectivity index (χ3v) is 3.56. The number of nitrogens with two attached hydrogens (primary N) is 1. The van der Waals surface area contributed by atoms with Gasteiger partial charge < -0.3 is 5.73 Å². The Morgan fingerprint density at radius 1 is 1.38 bits per heavy atom. The van der Waals surface area contributed by atoms with Gasteiger partial charge in [0, 0.05) is 15.4 Å². The van der Waals surface area contributed by atoms with Gasteiger partial charge in [-0.05, 0) is 34.2 Å². The molecule has 7 heteroatoms. The highest BCUT2D eigenvalue weighted by Gasteiger charge is 2.37. The third kappa shape index (κ3) is 2.80. The van der Waals surface area contributed by atoms with Gasteiger partial charge in [-0.2, -0.15) is 25.8 Å². The fraction of sp³-hybridized carbons (Fsp3) is 0.333. The molecule has 0 saturated carbocycles. The number of thiol groups is 1. The summed E-state index contributed by atoms with van der Waals surface area (Å²) in [4.78, 5) is 0. The Bertz CT molecular complexity index is 394. The van der Waals surface area contributed by atoms with Crippen molar-refractivity contribution in [3.8, 4) is 0 Å². The molecule has 16 heavy (non-hydrogen) atoms. The van der Waals surface area contributed by atoms with Crippen molar-refractivity contribution in [1.82, 2.24) is 0 Å². The van der Waals surface area contributed by atoms with E-state index in [0.29, 0.717) is 0 Å². The van der Waals surface area contributed by atoms with Gasteiger partial charge in [-0.3, -0.25) is 0 Å². The minimum Gasteiger partial charge on any atom is -0.323 e. The summed E-state index contributed by atoms with van der Waals surface area (Å²) in [5.41, 5.74) is 4.58. The lowest BCUT2D eigenvalue weighted by molar-refractivity contribution is -0.140. The van der Waals surface area contributed by atoms with E-state index in [0.717, 1.165) is 6.07 Å². The monoisotopic (exact) mass is 365 g/mol. The molecule has 1 atom stereocenters. The van der Waals surface area contributed by atoms with E-state index in [4.69, 9.17) is 5.73 Å². The average Bonchev–Trinajstić information content (AvgIpc) is 2.14. The van der Waals surface area contributed by atoms with Gasteiger partial charge in [0.1, 0.15) is 11.4 Å². The Morgan fingerprint density at radius 3 is 2.38 bits per heavy atom. The van der Waals surface area contributed by atoms with Crippen LogP contribution in [0.5, 0.6) is 0 Å². The van der Waals surface area contributed by atoms with Crippen molar-refractivity contribution in [3.05, 3.63) is 32.6 Å². The largest absolute Gasteiger partial charge is 0.420 e. The van der Waals surface area contributed by atoms with E-state index in [1.807, 2.05) is 0 Å². The second-order valence-electron chi connectivity index (χ2n) is 3.11. The van der Waals surface area contributed by atoms with E-state index in [1.165, 1.54) is 28.7 Å². The Balaban J connectivity index is 3.39. The lowest BCUT2D eigenvalue weighted by atomic mass is 10.0. The van der Waals surface area contributed by atoms with Crippen LogP contribution in [0.4, 0.5) is 17.6 Å². The first-order chi connectivity index (χ1) is 7.29. The topological polar surface area (TPSA) is 26.0 Å². The lowest BCUT2D eigenvalue weighted by Gasteiger charge is -2.16. The molecule has 0 aromatic heterocycles. The molecule has 1 rings (SSSR count). The normalized spacial score (nSPS) is 13.9. The molecule has 0 bridgehead atoms. The van der Waals surface area contributed by atoms with E-state index in [-0.39, 0.29) is 14.9 Å². The van der Waals surface area contributed by atoms with Crippen LogP contribution in [-0.4, -0.2) is 5.75 Å². The van der Waals surface area contributed by atoms with Crippen LogP contribution in [-0.2, 0) is 6.18 Å². The fourth-order valence-corrected chi connectivity index (χ4v) is 2.55. The summed E-state index contributed by atoms with van der Waals surface area (Å²) < 4.78 is 50.6. The van der Waals surface area contributed by atoms with Gasteiger partial charge in [0.05, 0.1) is 0 Å². The molecule has 2 N–H and O–H groups in total. The zero-order chi connectivity index (χ0) is 12.5. The first kappa shape index (κ1) is 14.0. The predicted octanol–water partition coefficient (Wildman–Crippen LogP) is 3.38. The van der Waals surface area contributed by atoms with Crippen LogP contribution < -0.4 is 5.73 Å². The molecule has 0 aliphatic rings. The summed E-state index contributed by atoms with van der Waals surface area (Å²) in [6, 6.07) is 1.40. The molecule has 0 saturated heterocycles. The van der Waals surface area contributed by atoms with E-state index in [2.05, 4.69) is 12.6 Å². The van der Waals surface area contributed by atoms with Crippen LogP contribution in [0.3, 0.4) is 0 Å². The number of hydrogen-bond acceptors (Lipinski definition) is 2. The van der Waals surface area contributed by atoms with E-state index < -0.39 is 23.6 Å². The zero-order valence-corrected chi connectivity index (χ0v) is 10.9. The number of rotatable bonds is 2.